The first-order chi connectivity index (χ1) is 12.7. The molecule has 2 atom stereocenters. The predicted octanol–water partition coefficient (Wildman–Crippen LogP) is 5.10. The first-order valence-electron chi connectivity index (χ1n) is 9.15. The van der Waals surface area contributed by atoms with E-state index in [-0.39, 0.29) is 12.3 Å². The molecule has 3 aromatic rings. The van der Waals surface area contributed by atoms with Gasteiger partial charge in [-0.1, -0.05) is 54.1 Å². The first-order valence-corrected chi connectivity index (χ1v) is 9.15. The molecule has 0 aliphatic carbocycles. The molecule has 2 bridgehead atoms. The van der Waals surface area contributed by atoms with Crippen LogP contribution < -0.4 is 14.7 Å². The Labute approximate surface area is 155 Å². The van der Waals surface area contributed by atoms with Crippen molar-refractivity contribution in [3.63, 3.8) is 0 Å². The molecule has 0 N–H and O–H groups in total. The summed E-state index contributed by atoms with van der Waals surface area (Å²) in [7, 11) is 4.42. The summed E-state index contributed by atoms with van der Waals surface area (Å²) in [6.45, 7) is 2.14. The Balaban J connectivity index is 1.79. The smallest absolute Gasteiger partial charge is 0.132 e. The van der Waals surface area contributed by atoms with E-state index >= 15 is 0 Å². The van der Waals surface area contributed by atoms with Crippen molar-refractivity contribution >= 4 is 17.1 Å². The average Bonchev–Trinajstić information content (AvgIpc) is 2.68. The fourth-order valence-electron chi connectivity index (χ4n) is 4.54. The van der Waals surface area contributed by atoms with Crippen molar-refractivity contribution < 1.29 is 0 Å². The Kier molecular flexibility index (Phi) is 3.26. The highest BCUT2D eigenvalue weighted by atomic mass is 15.5. The zero-order valence-corrected chi connectivity index (χ0v) is 15.4. The van der Waals surface area contributed by atoms with Crippen LogP contribution in [-0.2, 0) is 0 Å². The van der Waals surface area contributed by atoms with Gasteiger partial charge in [-0.2, -0.15) is 0 Å². The highest BCUT2D eigenvalue weighted by molar-refractivity contribution is 5.74. The molecule has 0 saturated carbocycles. The van der Waals surface area contributed by atoms with E-state index in [1.807, 2.05) is 0 Å². The molecule has 0 fully saturated rings. The van der Waals surface area contributed by atoms with E-state index in [1.165, 1.54) is 33.8 Å². The second-order valence-electron chi connectivity index (χ2n) is 7.33. The van der Waals surface area contributed by atoms with Gasteiger partial charge in [0.25, 0.3) is 0 Å². The summed E-state index contributed by atoms with van der Waals surface area (Å²) in [6, 6.07) is 26.5. The molecule has 2 aliphatic rings. The van der Waals surface area contributed by atoms with Crippen LogP contribution in [0.25, 0.3) is 0 Å². The monoisotopic (exact) mass is 341 g/mol. The number of nitrogens with zero attached hydrogens (tertiary/aromatic N) is 3. The molecule has 3 aromatic carbocycles. The molecule has 2 aliphatic heterocycles. The van der Waals surface area contributed by atoms with Gasteiger partial charge >= 0.3 is 0 Å². The van der Waals surface area contributed by atoms with Gasteiger partial charge in [0.05, 0.1) is 0 Å². The Morgan fingerprint density at radius 1 is 0.615 bits per heavy atom. The third kappa shape index (κ3) is 2.00. The molecule has 26 heavy (non-hydrogen) atoms. The van der Waals surface area contributed by atoms with Crippen molar-refractivity contribution in [2.45, 2.75) is 19.3 Å². The minimum absolute atomic E-state index is 0.185. The van der Waals surface area contributed by atoms with Crippen LogP contribution in [0.15, 0.2) is 72.8 Å². The second-order valence-corrected chi connectivity index (χ2v) is 7.33. The molecule has 0 radical (unpaired) electrons. The van der Waals surface area contributed by atoms with Crippen LogP contribution >= 0.6 is 0 Å². The van der Waals surface area contributed by atoms with Crippen LogP contribution in [0.4, 0.5) is 17.1 Å². The second kappa shape index (κ2) is 5.53. The molecule has 0 amide bonds. The number of rotatable bonds is 1. The van der Waals surface area contributed by atoms with Gasteiger partial charge in [-0.05, 0) is 31.2 Å². The summed E-state index contributed by atoms with van der Waals surface area (Å²) in [5, 5.41) is 0. The quantitative estimate of drug-likeness (QED) is 0.610. The Morgan fingerprint density at radius 3 is 1.58 bits per heavy atom. The molecule has 0 saturated heterocycles. The van der Waals surface area contributed by atoms with Crippen molar-refractivity contribution in [1.29, 1.82) is 0 Å². The number of anilines is 3. The number of benzene rings is 3. The lowest BCUT2D eigenvalue weighted by atomic mass is 9.92. The van der Waals surface area contributed by atoms with Crippen LogP contribution in [0, 0.1) is 6.92 Å². The van der Waals surface area contributed by atoms with Gasteiger partial charge in [0.1, 0.15) is 12.3 Å². The SMILES string of the molecule is Cc1ccc(N2C3c4ccccc4N(C)C2c2ccccc2N3C)cc1. The molecule has 3 nitrogen and oxygen atoms in total. The van der Waals surface area contributed by atoms with Gasteiger partial charge < -0.3 is 14.7 Å². The van der Waals surface area contributed by atoms with Crippen molar-refractivity contribution in [3.05, 3.63) is 89.5 Å². The van der Waals surface area contributed by atoms with Gasteiger partial charge in [0.2, 0.25) is 0 Å². The van der Waals surface area contributed by atoms with Crippen molar-refractivity contribution in [1.82, 2.24) is 0 Å². The summed E-state index contributed by atoms with van der Waals surface area (Å²) < 4.78 is 0. The number of hydrogen-bond donors (Lipinski definition) is 0. The molecule has 2 heterocycles. The number of hydrogen-bond acceptors (Lipinski definition) is 3. The van der Waals surface area contributed by atoms with Crippen LogP contribution in [0.1, 0.15) is 29.0 Å². The lowest BCUT2D eigenvalue weighted by Crippen LogP contribution is -2.55. The first kappa shape index (κ1) is 15.3. The molecule has 2 unspecified atom stereocenters. The van der Waals surface area contributed by atoms with Crippen LogP contribution in [0.3, 0.4) is 0 Å². The van der Waals surface area contributed by atoms with Crippen LogP contribution in [-0.4, -0.2) is 14.1 Å². The zero-order chi connectivity index (χ0) is 17.8. The molecule has 3 heteroatoms. The summed E-state index contributed by atoms with van der Waals surface area (Å²) in [5.74, 6) is 0. The third-order valence-corrected chi connectivity index (χ3v) is 5.78. The lowest BCUT2D eigenvalue weighted by Gasteiger charge is -2.57. The fraction of sp³-hybridized carbons (Fsp3) is 0.217. The molecular weight excluding hydrogens is 318 g/mol. The maximum absolute atomic E-state index is 2.55. The minimum Gasteiger partial charge on any atom is -0.350 e. The molecule has 0 spiro atoms. The normalized spacial score (nSPS) is 20.7. The largest absolute Gasteiger partial charge is 0.350 e. The Bertz CT molecular complexity index is 906. The van der Waals surface area contributed by atoms with E-state index in [9.17, 15) is 0 Å². The molecule has 0 aromatic heterocycles. The van der Waals surface area contributed by atoms with E-state index in [0.29, 0.717) is 0 Å². The molecule has 5 rings (SSSR count). The standard InChI is InChI=1S/C23H23N3/c1-16-12-14-17(15-13-16)26-22-19-9-5-7-11-21(19)25(3)23(26)18-8-4-6-10-20(18)24(22)2/h4-15,22-23H,1-3H3. The molecule has 130 valence electrons. The van der Waals surface area contributed by atoms with Crippen LogP contribution in [0.2, 0.25) is 0 Å². The number of para-hydroxylation sites is 2. The van der Waals surface area contributed by atoms with Gasteiger partial charge in [-0.25, -0.2) is 0 Å². The maximum atomic E-state index is 2.55. The van der Waals surface area contributed by atoms with Gasteiger partial charge in [0.15, 0.2) is 0 Å². The summed E-state index contributed by atoms with van der Waals surface area (Å²) >= 11 is 0. The maximum Gasteiger partial charge on any atom is 0.132 e. The van der Waals surface area contributed by atoms with E-state index in [1.54, 1.807) is 0 Å². The lowest BCUT2D eigenvalue weighted by molar-refractivity contribution is 0.464. The van der Waals surface area contributed by atoms with Crippen LogP contribution in [0.5, 0.6) is 0 Å². The van der Waals surface area contributed by atoms with Gasteiger partial charge in [-0.15, -0.1) is 0 Å². The predicted molar refractivity (Wildman–Crippen MR) is 109 cm³/mol. The van der Waals surface area contributed by atoms with Crippen molar-refractivity contribution in [2.75, 3.05) is 28.8 Å². The van der Waals surface area contributed by atoms with Crippen molar-refractivity contribution in [3.8, 4) is 0 Å². The van der Waals surface area contributed by atoms with Crippen molar-refractivity contribution in [2.24, 2.45) is 0 Å². The highest BCUT2D eigenvalue weighted by Gasteiger charge is 2.45. The fourth-order valence-corrected chi connectivity index (χ4v) is 4.54. The third-order valence-electron chi connectivity index (χ3n) is 5.78. The highest BCUT2D eigenvalue weighted by Crippen LogP contribution is 2.53. The minimum atomic E-state index is 0.185. The van der Waals surface area contributed by atoms with E-state index in [0.717, 1.165) is 0 Å². The number of aryl methyl sites for hydroxylation is 1. The molecular formula is C23H23N3. The summed E-state index contributed by atoms with van der Waals surface area (Å²) in [5.41, 5.74) is 7.87. The van der Waals surface area contributed by atoms with Gasteiger partial charge in [0, 0.05) is 42.3 Å². The average molecular weight is 341 g/mol. The summed E-state index contributed by atoms with van der Waals surface area (Å²) in [6.07, 6.45) is 0.370. The number of fused-ring (bicyclic) bond motifs is 6. The Hall–Kier alpha value is -2.94. The zero-order valence-electron chi connectivity index (χ0n) is 15.4. The summed E-state index contributed by atoms with van der Waals surface area (Å²) in [4.78, 5) is 7.37. The topological polar surface area (TPSA) is 9.72 Å². The van der Waals surface area contributed by atoms with Gasteiger partial charge in [-0.3, -0.25) is 0 Å². The van der Waals surface area contributed by atoms with E-state index < -0.39 is 0 Å². The van der Waals surface area contributed by atoms with E-state index in [2.05, 4.69) is 109 Å². The Morgan fingerprint density at radius 2 is 1.08 bits per heavy atom. The van der Waals surface area contributed by atoms with E-state index in [4.69, 9.17) is 0 Å².